The van der Waals surface area contributed by atoms with E-state index in [0.29, 0.717) is 0 Å². The molecule has 0 spiro atoms. The lowest BCUT2D eigenvalue weighted by Crippen LogP contribution is -2.26. The van der Waals surface area contributed by atoms with Gasteiger partial charge in [-0.05, 0) is 24.8 Å². The second kappa shape index (κ2) is 4.09. The van der Waals surface area contributed by atoms with Crippen LogP contribution in [-0.2, 0) is 0 Å². The van der Waals surface area contributed by atoms with Crippen LogP contribution < -0.4 is 0 Å². The first-order valence-electron chi connectivity index (χ1n) is 5.65. The first-order chi connectivity index (χ1) is 7.16. The summed E-state index contributed by atoms with van der Waals surface area (Å²) >= 11 is 0. The fourth-order valence-corrected chi connectivity index (χ4v) is 2.17. The van der Waals surface area contributed by atoms with Crippen molar-refractivity contribution in [2.45, 2.75) is 20.3 Å². The highest BCUT2D eigenvalue weighted by atomic mass is 15.1. The van der Waals surface area contributed by atoms with Gasteiger partial charge in [0.1, 0.15) is 0 Å². The van der Waals surface area contributed by atoms with Crippen LogP contribution in [-0.4, -0.2) is 18.5 Å². The minimum absolute atomic E-state index is 0.782. The van der Waals surface area contributed by atoms with Gasteiger partial charge >= 0.3 is 0 Å². The molecule has 1 unspecified atom stereocenters. The molecule has 0 N–H and O–H groups in total. The molecule has 0 bridgehead atoms. The van der Waals surface area contributed by atoms with E-state index < -0.39 is 0 Å². The lowest BCUT2D eigenvalue weighted by atomic mass is 9.98. The molecule has 80 valence electrons. The largest absolute Gasteiger partial charge is 0.374 e. The summed E-state index contributed by atoms with van der Waals surface area (Å²) in [5.41, 5.74) is 4.05. The van der Waals surface area contributed by atoms with Crippen molar-refractivity contribution in [3.8, 4) is 0 Å². The van der Waals surface area contributed by atoms with Crippen molar-refractivity contribution in [2.24, 2.45) is 5.92 Å². The van der Waals surface area contributed by atoms with Gasteiger partial charge in [-0.25, -0.2) is 0 Å². The maximum atomic E-state index is 2.36. The molecule has 0 aliphatic carbocycles. The molecule has 0 saturated carbocycles. The Labute approximate surface area is 92.4 Å². The Morgan fingerprint density at radius 3 is 2.47 bits per heavy atom. The van der Waals surface area contributed by atoms with Crippen LogP contribution in [0.15, 0.2) is 30.3 Å². The van der Waals surface area contributed by atoms with Crippen LogP contribution in [0.5, 0.6) is 0 Å². The molecule has 1 heterocycles. The van der Waals surface area contributed by atoms with Gasteiger partial charge in [0.05, 0.1) is 0 Å². The van der Waals surface area contributed by atoms with Crippen LogP contribution in [0, 0.1) is 12.8 Å². The molecule has 1 heteroatoms. The van der Waals surface area contributed by atoms with E-state index in [1.54, 1.807) is 0 Å². The number of allylic oxidation sites excluding steroid dienone is 1. The molecule has 1 aliphatic rings. The molecule has 2 rings (SSSR count). The second-order valence-corrected chi connectivity index (χ2v) is 4.68. The predicted molar refractivity (Wildman–Crippen MR) is 65.6 cm³/mol. The highest BCUT2D eigenvalue weighted by molar-refractivity contribution is 5.64. The standard InChI is InChI=1S/C14H19N/c1-11-4-7-13(8-5-11)14-9-6-12(2)10-15(14)3/h4-5,7-9,12H,6,10H2,1-3H3. The highest BCUT2D eigenvalue weighted by Gasteiger charge is 2.15. The Hall–Kier alpha value is -1.24. The number of nitrogens with zero attached hydrogens (tertiary/aromatic N) is 1. The van der Waals surface area contributed by atoms with Crippen molar-refractivity contribution >= 4 is 5.70 Å². The number of rotatable bonds is 1. The average molecular weight is 201 g/mol. The van der Waals surface area contributed by atoms with Crippen LogP contribution in [0.3, 0.4) is 0 Å². The topological polar surface area (TPSA) is 3.24 Å². The third kappa shape index (κ3) is 2.23. The summed E-state index contributed by atoms with van der Waals surface area (Å²) in [6, 6.07) is 8.80. The van der Waals surface area contributed by atoms with E-state index in [1.807, 2.05) is 0 Å². The third-order valence-corrected chi connectivity index (χ3v) is 3.06. The molecule has 1 aromatic rings. The quantitative estimate of drug-likeness (QED) is 0.674. The highest BCUT2D eigenvalue weighted by Crippen LogP contribution is 2.25. The fourth-order valence-electron chi connectivity index (χ4n) is 2.17. The Balaban J connectivity index is 2.27. The minimum atomic E-state index is 0.782. The predicted octanol–water partition coefficient (Wildman–Crippen LogP) is 3.31. The summed E-state index contributed by atoms with van der Waals surface area (Å²) in [7, 11) is 2.18. The molecule has 0 amide bonds. The zero-order valence-corrected chi connectivity index (χ0v) is 9.83. The normalized spacial score (nSPS) is 21.4. The van der Waals surface area contributed by atoms with Gasteiger partial charge in [-0.1, -0.05) is 42.8 Å². The zero-order chi connectivity index (χ0) is 10.8. The van der Waals surface area contributed by atoms with Gasteiger partial charge in [-0.3, -0.25) is 0 Å². The van der Waals surface area contributed by atoms with Crippen molar-refractivity contribution < 1.29 is 0 Å². The number of benzene rings is 1. The summed E-state index contributed by atoms with van der Waals surface area (Å²) in [5, 5.41) is 0. The Morgan fingerprint density at radius 1 is 1.20 bits per heavy atom. The molecule has 0 radical (unpaired) electrons. The van der Waals surface area contributed by atoms with Gasteiger partial charge in [-0.2, -0.15) is 0 Å². The van der Waals surface area contributed by atoms with Crippen LogP contribution in [0.1, 0.15) is 24.5 Å². The van der Waals surface area contributed by atoms with Gasteiger partial charge in [0.15, 0.2) is 0 Å². The summed E-state index contributed by atoms with van der Waals surface area (Å²) in [5.74, 6) is 0.782. The minimum Gasteiger partial charge on any atom is -0.374 e. The van der Waals surface area contributed by atoms with Crippen LogP contribution >= 0.6 is 0 Å². The maximum Gasteiger partial charge on any atom is 0.0396 e. The fraction of sp³-hybridized carbons (Fsp3) is 0.429. The average Bonchev–Trinajstić information content (AvgIpc) is 2.20. The summed E-state index contributed by atoms with van der Waals surface area (Å²) in [6.45, 7) is 5.60. The van der Waals surface area contributed by atoms with Crippen molar-refractivity contribution in [3.05, 3.63) is 41.5 Å². The van der Waals surface area contributed by atoms with E-state index in [0.717, 1.165) is 5.92 Å². The van der Waals surface area contributed by atoms with E-state index in [1.165, 1.54) is 29.8 Å². The molecule has 1 aromatic carbocycles. The first kappa shape index (κ1) is 10.3. The van der Waals surface area contributed by atoms with Gasteiger partial charge in [-0.15, -0.1) is 0 Å². The Morgan fingerprint density at radius 2 is 1.87 bits per heavy atom. The van der Waals surface area contributed by atoms with Crippen LogP contribution in [0.4, 0.5) is 0 Å². The number of hydrogen-bond acceptors (Lipinski definition) is 1. The third-order valence-electron chi connectivity index (χ3n) is 3.06. The molecular weight excluding hydrogens is 182 g/mol. The van der Waals surface area contributed by atoms with E-state index in [9.17, 15) is 0 Å². The van der Waals surface area contributed by atoms with Gasteiger partial charge in [0, 0.05) is 19.3 Å². The van der Waals surface area contributed by atoms with Crippen LogP contribution in [0.2, 0.25) is 0 Å². The monoisotopic (exact) mass is 201 g/mol. The van der Waals surface area contributed by atoms with Crippen molar-refractivity contribution in [1.29, 1.82) is 0 Å². The molecular formula is C14H19N. The molecule has 15 heavy (non-hydrogen) atoms. The molecule has 0 saturated heterocycles. The first-order valence-corrected chi connectivity index (χ1v) is 5.65. The summed E-state index contributed by atoms with van der Waals surface area (Å²) in [4.78, 5) is 2.36. The van der Waals surface area contributed by atoms with Crippen LogP contribution in [0.25, 0.3) is 5.70 Å². The second-order valence-electron chi connectivity index (χ2n) is 4.68. The van der Waals surface area contributed by atoms with Crippen molar-refractivity contribution in [1.82, 2.24) is 4.90 Å². The van der Waals surface area contributed by atoms with E-state index >= 15 is 0 Å². The smallest absolute Gasteiger partial charge is 0.0396 e. The van der Waals surface area contributed by atoms with Gasteiger partial charge in [0.2, 0.25) is 0 Å². The Kier molecular flexibility index (Phi) is 2.81. The molecule has 1 aliphatic heterocycles. The number of aryl methyl sites for hydroxylation is 1. The van der Waals surface area contributed by atoms with E-state index in [4.69, 9.17) is 0 Å². The SMILES string of the molecule is Cc1ccc(C2=CCC(C)CN2C)cc1. The van der Waals surface area contributed by atoms with Crippen molar-refractivity contribution in [3.63, 3.8) is 0 Å². The van der Waals surface area contributed by atoms with Gasteiger partial charge in [0.25, 0.3) is 0 Å². The molecule has 1 nitrogen and oxygen atoms in total. The summed E-state index contributed by atoms with van der Waals surface area (Å²) in [6.07, 6.45) is 3.56. The van der Waals surface area contributed by atoms with E-state index in [-0.39, 0.29) is 0 Å². The maximum absolute atomic E-state index is 2.36. The van der Waals surface area contributed by atoms with E-state index in [2.05, 4.69) is 56.1 Å². The molecule has 0 aromatic heterocycles. The Bertz CT molecular complexity index is 361. The molecule has 1 atom stereocenters. The zero-order valence-electron chi connectivity index (χ0n) is 9.83. The summed E-state index contributed by atoms with van der Waals surface area (Å²) < 4.78 is 0. The lowest BCUT2D eigenvalue weighted by molar-refractivity contribution is 0.370. The number of hydrogen-bond donors (Lipinski definition) is 0. The van der Waals surface area contributed by atoms with Gasteiger partial charge < -0.3 is 4.90 Å². The lowest BCUT2D eigenvalue weighted by Gasteiger charge is -2.30. The van der Waals surface area contributed by atoms with Crippen molar-refractivity contribution in [2.75, 3.05) is 13.6 Å². The molecule has 0 fully saturated rings.